The zero-order valence-electron chi connectivity index (χ0n) is 11.6. The van der Waals surface area contributed by atoms with Crippen LogP contribution >= 0.6 is 11.8 Å². The van der Waals surface area contributed by atoms with Gasteiger partial charge in [0.1, 0.15) is 0 Å². The molecule has 0 aliphatic heterocycles. The van der Waals surface area contributed by atoms with Crippen molar-refractivity contribution in [3.8, 4) is 0 Å². The number of anilines is 1. The zero-order valence-corrected chi connectivity index (χ0v) is 12.4. The second-order valence-electron chi connectivity index (χ2n) is 4.29. The molecule has 5 heteroatoms. The molecule has 2 amide bonds. The summed E-state index contributed by atoms with van der Waals surface area (Å²) in [4.78, 5) is 24.7. The van der Waals surface area contributed by atoms with E-state index < -0.39 is 5.91 Å². The fourth-order valence-electron chi connectivity index (χ4n) is 1.93. The van der Waals surface area contributed by atoms with Gasteiger partial charge in [0.15, 0.2) is 0 Å². The van der Waals surface area contributed by atoms with Crippen LogP contribution in [0.25, 0.3) is 0 Å². The Hall–Kier alpha value is -2.27. The lowest BCUT2D eigenvalue weighted by atomic mass is 10.1. The summed E-state index contributed by atoms with van der Waals surface area (Å²) in [5, 5.41) is 2.75. The van der Waals surface area contributed by atoms with Crippen molar-refractivity contribution < 1.29 is 9.59 Å². The smallest absolute Gasteiger partial charge is 0.256 e. The largest absolute Gasteiger partial charge is 0.366 e. The van der Waals surface area contributed by atoms with E-state index in [1.54, 1.807) is 42.1 Å². The highest BCUT2D eigenvalue weighted by Gasteiger charge is 2.14. The van der Waals surface area contributed by atoms with Crippen LogP contribution in [0.3, 0.4) is 0 Å². The number of hydrogen-bond acceptors (Lipinski definition) is 3. The van der Waals surface area contributed by atoms with Gasteiger partial charge in [0.2, 0.25) is 0 Å². The first-order valence-corrected chi connectivity index (χ1v) is 7.54. The van der Waals surface area contributed by atoms with E-state index in [4.69, 9.17) is 5.73 Å². The lowest BCUT2D eigenvalue weighted by Crippen LogP contribution is -2.18. The summed E-state index contributed by atoms with van der Waals surface area (Å²) in [5.74, 6) is 0.0599. The van der Waals surface area contributed by atoms with Crippen molar-refractivity contribution in [2.75, 3.05) is 11.1 Å². The lowest BCUT2D eigenvalue weighted by molar-refractivity contribution is 0.100. The molecule has 0 aromatic heterocycles. The molecule has 0 heterocycles. The van der Waals surface area contributed by atoms with Crippen LogP contribution < -0.4 is 11.1 Å². The maximum absolute atomic E-state index is 12.4. The van der Waals surface area contributed by atoms with Crippen molar-refractivity contribution in [1.82, 2.24) is 0 Å². The molecular formula is C16H16N2O2S. The molecule has 0 fully saturated rings. The Morgan fingerprint density at radius 3 is 2.33 bits per heavy atom. The van der Waals surface area contributed by atoms with Gasteiger partial charge in [-0.1, -0.05) is 31.2 Å². The predicted octanol–water partition coefficient (Wildman–Crippen LogP) is 3.15. The summed E-state index contributed by atoms with van der Waals surface area (Å²) in [5.41, 5.74) is 6.62. The molecule has 0 aliphatic carbocycles. The van der Waals surface area contributed by atoms with Gasteiger partial charge in [-0.3, -0.25) is 9.59 Å². The summed E-state index contributed by atoms with van der Waals surface area (Å²) >= 11 is 1.60. The van der Waals surface area contributed by atoms with Crippen LogP contribution in [0.15, 0.2) is 53.4 Å². The molecule has 0 saturated heterocycles. The van der Waals surface area contributed by atoms with E-state index in [9.17, 15) is 9.59 Å². The standard InChI is InChI=1S/C16H16N2O2S/c1-2-21-14-10-6-4-8-12(14)16(20)18-13-9-5-3-7-11(13)15(17)19/h3-10H,2H2,1H3,(H2,17,19)(H,18,20). The Labute approximate surface area is 127 Å². The number of primary amides is 1. The zero-order chi connectivity index (χ0) is 15.2. The number of para-hydroxylation sites is 1. The summed E-state index contributed by atoms with van der Waals surface area (Å²) in [6.45, 7) is 2.03. The summed E-state index contributed by atoms with van der Waals surface area (Å²) in [6, 6.07) is 14.1. The molecule has 0 atom stereocenters. The van der Waals surface area contributed by atoms with Crippen LogP contribution in [0.4, 0.5) is 5.69 Å². The maximum atomic E-state index is 12.4. The number of thioether (sulfide) groups is 1. The number of carbonyl (C=O) groups is 2. The van der Waals surface area contributed by atoms with Crippen LogP contribution in [-0.2, 0) is 0 Å². The molecule has 2 rings (SSSR count). The average molecular weight is 300 g/mol. The minimum Gasteiger partial charge on any atom is -0.366 e. The number of rotatable bonds is 5. The number of hydrogen-bond donors (Lipinski definition) is 2. The first kappa shape index (κ1) is 15.1. The Morgan fingerprint density at radius 1 is 1.05 bits per heavy atom. The normalized spacial score (nSPS) is 10.1. The first-order chi connectivity index (χ1) is 10.1. The monoisotopic (exact) mass is 300 g/mol. The van der Waals surface area contributed by atoms with Gasteiger partial charge < -0.3 is 11.1 Å². The fourth-order valence-corrected chi connectivity index (χ4v) is 2.73. The highest BCUT2D eigenvalue weighted by molar-refractivity contribution is 7.99. The van der Waals surface area contributed by atoms with E-state index in [1.807, 2.05) is 25.1 Å². The van der Waals surface area contributed by atoms with E-state index in [0.29, 0.717) is 16.8 Å². The van der Waals surface area contributed by atoms with E-state index in [1.165, 1.54) is 0 Å². The molecule has 0 radical (unpaired) electrons. The molecule has 0 aliphatic rings. The van der Waals surface area contributed by atoms with Gasteiger partial charge in [-0.15, -0.1) is 11.8 Å². The number of carbonyl (C=O) groups excluding carboxylic acids is 2. The maximum Gasteiger partial charge on any atom is 0.256 e. The Bertz CT molecular complexity index is 671. The fraction of sp³-hybridized carbons (Fsp3) is 0.125. The minimum atomic E-state index is -0.567. The third-order valence-corrected chi connectivity index (χ3v) is 3.83. The number of nitrogens with one attached hydrogen (secondary N) is 1. The van der Waals surface area contributed by atoms with Crippen LogP contribution in [-0.4, -0.2) is 17.6 Å². The quantitative estimate of drug-likeness (QED) is 0.833. The van der Waals surface area contributed by atoms with Crippen molar-refractivity contribution in [3.63, 3.8) is 0 Å². The second kappa shape index (κ2) is 6.95. The highest BCUT2D eigenvalue weighted by atomic mass is 32.2. The Kier molecular flexibility index (Phi) is 5.00. The Morgan fingerprint density at radius 2 is 1.67 bits per heavy atom. The van der Waals surface area contributed by atoms with E-state index in [0.717, 1.165) is 10.6 Å². The highest BCUT2D eigenvalue weighted by Crippen LogP contribution is 2.24. The van der Waals surface area contributed by atoms with E-state index in [2.05, 4.69) is 5.32 Å². The van der Waals surface area contributed by atoms with Gasteiger partial charge in [-0.25, -0.2) is 0 Å². The molecule has 2 aromatic rings. The third-order valence-electron chi connectivity index (χ3n) is 2.87. The molecule has 2 aromatic carbocycles. The van der Waals surface area contributed by atoms with E-state index >= 15 is 0 Å². The van der Waals surface area contributed by atoms with Crippen molar-refractivity contribution in [2.24, 2.45) is 5.73 Å². The van der Waals surface area contributed by atoms with Crippen LogP contribution in [0.2, 0.25) is 0 Å². The molecule has 4 nitrogen and oxygen atoms in total. The molecular weight excluding hydrogens is 284 g/mol. The van der Waals surface area contributed by atoms with Gasteiger partial charge in [0.05, 0.1) is 16.8 Å². The van der Waals surface area contributed by atoms with Crippen LogP contribution in [0.5, 0.6) is 0 Å². The molecule has 0 unspecified atom stereocenters. The molecule has 108 valence electrons. The lowest BCUT2D eigenvalue weighted by Gasteiger charge is -2.11. The molecule has 21 heavy (non-hydrogen) atoms. The topological polar surface area (TPSA) is 72.2 Å². The van der Waals surface area contributed by atoms with Gasteiger partial charge in [-0.2, -0.15) is 0 Å². The average Bonchev–Trinajstić information content (AvgIpc) is 2.48. The van der Waals surface area contributed by atoms with Crippen molar-refractivity contribution >= 4 is 29.3 Å². The number of benzene rings is 2. The van der Waals surface area contributed by atoms with Crippen molar-refractivity contribution in [1.29, 1.82) is 0 Å². The summed E-state index contributed by atoms with van der Waals surface area (Å²) in [7, 11) is 0. The minimum absolute atomic E-state index is 0.250. The van der Waals surface area contributed by atoms with Crippen LogP contribution in [0, 0.1) is 0 Å². The summed E-state index contributed by atoms with van der Waals surface area (Å²) in [6.07, 6.45) is 0. The molecule has 0 bridgehead atoms. The second-order valence-corrected chi connectivity index (χ2v) is 5.60. The summed E-state index contributed by atoms with van der Waals surface area (Å²) < 4.78 is 0. The number of amides is 2. The number of nitrogens with two attached hydrogens (primary N) is 1. The van der Waals surface area contributed by atoms with Gasteiger partial charge in [0, 0.05) is 4.90 Å². The predicted molar refractivity (Wildman–Crippen MR) is 85.8 cm³/mol. The molecule has 0 spiro atoms. The van der Waals surface area contributed by atoms with Crippen LogP contribution in [0.1, 0.15) is 27.6 Å². The third kappa shape index (κ3) is 3.64. The SMILES string of the molecule is CCSc1ccccc1C(=O)Nc1ccccc1C(N)=O. The van der Waals surface area contributed by atoms with E-state index in [-0.39, 0.29) is 5.91 Å². The van der Waals surface area contributed by atoms with Crippen molar-refractivity contribution in [2.45, 2.75) is 11.8 Å². The van der Waals surface area contributed by atoms with Crippen molar-refractivity contribution in [3.05, 3.63) is 59.7 Å². The van der Waals surface area contributed by atoms with Gasteiger partial charge in [-0.05, 0) is 30.0 Å². The van der Waals surface area contributed by atoms with Gasteiger partial charge >= 0.3 is 0 Å². The molecule has 0 saturated carbocycles. The molecule has 3 N–H and O–H groups in total. The van der Waals surface area contributed by atoms with Gasteiger partial charge in [0.25, 0.3) is 11.8 Å². The Balaban J connectivity index is 2.29. The first-order valence-electron chi connectivity index (χ1n) is 6.55.